The minimum Gasteiger partial charge on any atom is -0.366 e. The van der Waals surface area contributed by atoms with E-state index in [1.165, 1.54) is 5.56 Å². The first-order valence-corrected chi connectivity index (χ1v) is 6.88. The van der Waals surface area contributed by atoms with Crippen LogP contribution in [0.4, 0.5) is 5.69 Å². The largest absolute Gasteiger partial charge is 0.366 e. The number of anilines is 1. The predicted octanol–water partition coefficient (Wildman–Crippen LogP) is 4.74. The van der Waals surface area contributed by atoms with Crippen LogP contribution in [0.1, 0.15) is 22.7 Å². The number of halogens is 1. The van der Waals surface area contributed by atoms with Crippen LogP contribution in [0.2, 0.25) is 0 Å². The third-order valence-corrected chi connectivity index (χ3v) is 3.84. The van der Waals surface area contributed by atoms with Gasteiger partial charge >= 0.3 is 0 Å². The number of hydrogen-bond acceptors (Lipinski definition) is 2. The van der Waals surface area contributed by atoms with Crippen molar-refractivity contribution in [1.29, 1.82) is 5.26 Å². The summed E-state index contributed by atoms with van der Waals surface area (Å²) >= 11 is 3.50. The van der Waals surface area contributed by atoms with Crippen molar-refractivity contribution in [1.82, 2.24) is 0 Å². The summed E-state index contributed by atoms with van der Waals surface area (Å²) in [5.41, 5.74) is 4.26. The molecule has 1 atom stereocenters. The molecule has 1 N–H and O–H groups in total. The first kappa shape index (κ1) is 13.6. The van der Waals surface area contributed by atoms with Gasteiger partial charge in [0, 0.05) is 10.2 Å². The van der Waals surface area contributed by atoms with E-state index >= 15 is 0 Å². The maximum atomic E-state index is 9.34. The van der Waals surface area contributed by atoms with Crippen molar-refractivity contribution in [3.8, 4) is 6.07 Å². The van der Waals surface area contributed by atoms with Crippen LogP contribution in [0.3, 0.4) is 0 Å². The lowest BCUT2D eigenvalue weighted by Gasteiger charge is -2.14. The molecular formula is C16H15BrN2. The summed E-state index contributed by atoms with van der Waals surface area (Å²) in [5, 5.41) is 12.6. The summed E-state index contributed by atoms with van der Waals surface area (Å²) in [5.74, 6) is 0. The highest BCUT2D eigenvalue weighted by Gasteiger charge is 2.11. The SMILES string of the molecule is Cc1cccc(NC(C#N)c2ccc(C)c(Br)c2)c1. The predicted molar refractivity (Wildman–Crippen MR) is 82.0 cm³/mol. The molecular weight excluding hydrogens is 300 g/mol. The van der Waals surface area contributed by atoms with Gasteiger partial charge in [-0.05, 0) is 48.7 Å². The van der Waals surface area contributed by atoms with Gasteiger partial charge in [-0.15, -0.1) is 0 Å². The van der Waals surface area contributed by atoms with Gasteiger partial charge in [0.25, 0.3) is 0 Å². The number of rotatable bonds is 3. The van der Waals surface area contributed by atoms with Crippen LogP contribution < -0.4 is 5.32 Å². The minimum atomic E-state index is -0.348. The van der Waals surface area contributed by atoms with Gasteiger partial charge < -0.3 is 5.32 Å². The number of hydrogen-bond donors (Lipinski definition) is 1. The Kier molecular flexibility index (Phi) is 4.24. The lowest BCUT2D eigenvalue weighted by molar-refractivity contribution is 0.993. The molecule has 19 heavy (non-hydrogen) atoms. The molecule has 3 heteroatoms. The molecule has 0 saturated heterocycles. The first-order chi connectivity index (χ1) is 9.10. The van der Waals surface area contributed by atoms with Crippen molar-refractivity contribution in [2.75, 3.05) is 5.32 Å². The molecule has 2 aromatic carbocycles. The summed E-state index contributed by atoms with van der Waals surface area (Å²) in [6, 6.07) is 16.0. The number of nitrogens with zero attached hydrogens (tertiary/aromatic N) is 1. The number of aryl methyl sites for hydroxylation is 2. The van der Waals surface area contributed by atoms with E-state index in [1.54, 1.807) is 0 Å². The molecule has 0 aromatic heterocycles. The van der Waals surface area contributed by atoms with Crippen molar-refractivity contribution in [2.45, 2.75) is 19.9 Å². The van der Waals surface area contributed by atoms with Crippen LogP contribution >= 0.6 is 15.9 Å². The summed E-state index contributed by atoms with van der Waals surface area (Å²) in [6.45, 7) is 4.07. The van der Waals surface area contributed by atoms with Crippen molar-refractivity contribution >= 4 is 21.6 Å². The van der Waals surface area contributed by atoms with Crippen LogP contribution in [-0.2, 0) is 0 Å². The van der Waals surface area contributed by atoms with E-state index < -0.39 is 0 Å². The Hall–Kier alpha value is -1.79. The molecule has 0 aliphatic rings. The maximum absolute atomic E-state index is 9.34. The first-order valence-electron chi connectivity index (χ1n) is 6.09. The Bertz CT molecular complexity index is 629. The molecule has 0 aliphatic heterocycles. The third-order valence-electron chi connectivity index (χ3n) is 2.99. The monoisotopic (exact) mass is 314 g/mol. The molecule has 0 saturated carbocycles. The van der Waals surface area contributed by atoms with E-state index in [2.05, 4.69) is 27.3 Å². The quantitative estimate of drug-likeness (QED) is 0.888. The molecule has 96 valence electrons. The van der Waals surface area contributed by atoms with Crippen LogP contribution in [0.5, 0.6) is 0 Å². The molecule has 0 spiro atoms. The van der Waals surface area contributed by atoms with E-state index in [0.29, 0.717) is 0 Å². The smallest absolute Gasteiger partial charge is 0.140 e. The van der Waals surface area contributed by atoms with Crippen LogP contribution in [0.25, 0.3) is 0 Å². The number of benzene rings is 2. The fraction of sp³-hybridized carbons (Fsp3) is 0.188. The molecule has 0 aliphatic carbocycles. The van der Waals surface area contributed by atoms with Crippen molar-refractivity contribution in [3.63, 3.8) is 0 Å². The van der Waals surface area contributed by atoms with Crippen molar-refractivity contribution < 1.29 is 0 Å². The Morgan fingerprint density at radius 3 is 2.58 bits per heavy atom. The summed E-state index contributed by atoms with van der Waals surface area (Å²) in [6.07, 6.45) is 0. The van der Waals surface area contributed by atoms with Gasteiger partial charge in [-0.1, -0.05) is 40.2 Å². The van der Waals surface area contributed by atoms with Gasteiger partial charge in [-0.2, -0.15) is 5.26 Å². The van der Waals surface area contributed by atoms with Gasteiger partial charge in [-0.25, -0.2) is 0 Å². The summed E-state index contributed by atoms with van der Waals surface area (Å²) in [7, 11) is 0. The summed E-state index contributed by atoms with van der Waals surface area (Å²) < 4.78 is 1.02. The molecule has 2 aromatic rings. The second-order valence-corrected chi connectivity index (χ2v) is 5.44. The Morgan fingerprint density at radius 1 is 1.16 bits per heavy atom. The maximum Gasteiger partial charge on any atom is 0.140 e. The summed E-state index contributed by atoms with van der Waals surface area (Å²) in [4.78, 5) is 0. The standard InChI is InChI=1S/C16H15BrN2/c1-11-4-3-5-14(8-11)19-16(10-18)13-7-6-12(2)15(17)9-13/h3-9,16,19H,1-2H3. The Morgan fingerprint density at radius 2 is 1.95 bits per heavy atom. The fourth-order valence-corrected chi connectivity index (χ4v) is 2.28. The van der Waals surface area contributed by atoms with E-state index in [-0.39, 0.29) is 6.04 Å². The lowest BCUT2D eigenvalue weighted by Crippen LogP contribution is -2.08. The number of nitrogens with one attached hydrogen (secondary N) is 1. The van der Waals surface area contributed by atoms with Gasteiger partial charge in [0.1, 0.15) is 6.04 Å². The van der Waals surface area contributed by atoms with E-state index in [9.17, 15) is 5.26 Å². The third kappa shape index (κ3) is 3.36. The second kappa shape index (κ2) is 5.90. The lowest BCUT2D eigenvalue weighted by atomic mass is 10.1. The molecule has 0 radical (unpaired) electrons. The van der Waals surface area contributed by atoms with E-state index in [1.807, 2.05) is 56.3 Å². The van der Waals surface area contributed by atoms with Crippen molar-refractivity contribution in [2.24, 2.45) is 0 Å². The normalized spacial score (nSPS) is 11.7. The molecule has 0 fully saturated rings. The topological polar surface area (TPSA) is 35.8 Å². The average Bonchev–Trinajstić information content (AvgIpc) is 2.39. The molecule has 1 unspecified atom stereocenters. The highest BCUT2D eigenvalue weighted by Crippen LogP contribution is 2.24. The highest BCUT2D eigenvalue weighted by atomic mass is 79.9. The van der Waals surface area contributed by atoms with Crippen molar-refractivity contribution in [3.05, 3.63) is 63.6 Å². The fourth-order valence-electron chi connectivity index (χ4n) is 1.88. The Balaban J connectivity index is 2.25. The van der Waals surface area contributed by atoms with Crippen LogP contribution in [-0.4, -0.2) is 0 Å². The highest BCUT2D eigenvalue weighted by molar-refractivity contribution is 9.10. The molecule has 0 amide bonds. The van der Waals surface area contributed by atoms with Crippen LogP contribution in [0.15, 0.2) is 46.9 Å². The number of nitriles is 1. The molecule has 0 heterocycles. The zero-order chi connectivity index (χ0) is 13.8. The molecule has 2 nitrogen and oxygen atoms in total. The Labute approximate surface area is 122 Å². The average molecular weight is 315 g/mol. The zero-order valence-corrected chi connectivity index (χ0v) is 12.5. The van der Waals surface area contributed by atoms with E-state index in [0.717, 1.165) is 21.3 Å². The molecule has 0 bridgehead atoms. The second-order valence-electron chi connectivity index (χ2n) is 4.58. The van der Waals surface area contributed by atoms with E-state index in [4.69, 9.17) is 0 Å². The van der Waals surface area contributed by atoms with Gasteiger partial charge in [-0.3, -0.25) is 0 Å². The van der Waals surface area contributed by atoms with Crippen LogP contribution in [0, 0.1) is 25.2 Å². The molecule has 2 rings (SSSR count). The van der Waals surface area contributed by atoms with Gasteiger partial charge in [0.2, 0.25) is 0 Å². The minimum absolute atomic E-state index is 0.348. The van der Waals surface area contributed by atoms with Gasteiger partial charge in [0.15, 0.2) is 0 Å². The van der Waals surface area contributed by atoms with Gasteiger partial charge in [0.05, 0.1) is 6.07 Å². The zero-order valence-electron chi connectivity index (χ0n) is 10.9.